The van der Waals surface area contributed by atoms with Crippen molar-refractivity contribution in [3.8, 4) is 5.75 Å². The van der Waals surface area contributed by atoms with Crippen molar-refractivity contribution in [2.45, 2.75) is 6.42 Å². The molecule has 2 aromatic rings. The van der Waals surface area contributed by atoms with Gasteiger partial charge in [-0.2, -0.15) is 0 Å². The second-order valence-electron chi connectivity index (χ2n) is 3.66. The Balaban J connectivity index is 2.05. The second-order valence-corrected chi connectivity index (χ2v) is 5.98. The summed E-state index contributed by atoms with van der Waals surface area (Å²) in [4.78, 5) is 1.65. The molecular formula is C13H12BrNOS2. The Kier molecular flexibility index (Phi) is 4.74. The van der Waals surface area contributed by atoms with Gasteiger partial charge in [0.15, 0.2) is 0 Å². The van der Waals surface area contributed by atoms with Gasteiger partial charge in [0.25, 0.3) is 0 Å². The fourth-order valence-corrected chi connectivity index (χ4v) is 3.17. The van der Waals surface area contributed by atoms with E-state index in [1.807, 2.05) is 24.3 Å². The first-order valence-corrected chi connectivity index (χ1v) is 7.50. The highest BCUT2D eigenvalue weighted by molar-refractivity contribution is 9.10. The van der Waals surface area contributed by atoms with Gasteiger partial charge in [-0.3, -0.25) is 0 Å². The van der Waals surface area contributed by atoms with Crippen LogP contribution in [0.5, 0.6) is 5.75 Å². The van der Waals surface area contributed by atoms with Crippen LogP contribution in [0.1, 0.15) is 10.4 Å². The molecular weight excluding hydrogens is 330 g/mol. The summed E-state index contributed by atoms with van der Waals surface area (Å²) in [6, 6.07) is 9.84. The van der Waals surface area contributed by atoms with Crippen LogP contribution in [-0.4, -0.2) is 11.6 Å². The monoisotopic (exact) mass is 341 g/mol. The lowest BCUT2D eigenvalue weighted by Gasteiger charge is -2.11. The van der Waals surface area contributed by atoms with Gasteiger partial charge in [0.1, 0.15) is 10.7 Å². The summed E-state index contributed by atoms with van der Waals surface area (Å²) in [5, 5.41) is 2.06. The molecule has 5 heteroatoms. The Morgan fingerprint density at radius 2 is 2.17 bits per heavy atom. The molecule has 0 fully saturated rings. The zero-order chi connectivity index (χ0) is 13.0. The van der Waals surface area contributed by atoms with E-state index >= 15 is 0 Å². The van der Waals surface area contributed by atoms with Gasteiger partial charge in [-0.15, -0.1) is 11.3 Å². The Bertz CT molecular complexity index is 540. The van der Waals surface area contributed by atoms with Gasteiger partial charge in [0.2, 0.25) is 0 Å². The Morgan fingerprint density at radius 3 is 2.83 bits per heavy atom. The molecule has 0 saturated heterocycles. The van der Waals surface area contributed by atoms with Crippen molar-refractivity contribution in [3.05, 3.63) is 50.6 Å². The van der Waals surface area contributed by atoms with Crippen molar-refractivity contribution in [1.29, 1.82) is 0 Å². The number of thiophene rings is 1. The van der Waals surface area contributed by atoms with Crippen LogP contribution in [-0.2, 0) is 6.42 Å². The summed E-state index contributed by atoms with van der Waals surface area (Å²) in [5.41, 5.74) is 6.47. The van der Waals surface area contributed by atoms with Crippen molar-refractivity contribution in [1.82, 2.24) is 0 Å². The predicted molar refractivity (Wildman–Crippen MR) is 83.5 cm³/mol. The van der Waals surface area contributed by atoms with Gasteiger partial charge < -0.3 is 10.5 Å². The van der Waals surface area contributed by atoms with E-state index in [1.54, 1.807) is 11.3 Å². The van der Waals surface area contributed by atoms with Crippen LogP contribution in [0.2, 0.25) is 0 Å². The molecule has 0 unspecified atom stereocenters. The maximum absolute atomic E-state index is 5.76. The Hall–Kier alpha value is -0.910. The van der Waals surface area contributed by atoms with Crippen LogP contribution in [0.15, 0.2) is 40.2 Å². The first kappa shape index (κ1) is 13.5. The van der Waals surface area contributed by atoms with E-state index in [0.717, 1.165) is 22.2 Å². The van der Waals surface area contributed by atoms with E-state index in [2.05, 4.69) is 27.4 Å². The van der Waals surface area contributed by atoms with Gasteiger partial charge in [-0.25, -0.2) is 0 Å². The molecule has 0 radical (unpaired) electrons. The molecule has 1 heterocycles. The van der Waals surface area contributed by atoms with Crippen LogP contribution in [0.4, 0.5) is 0 Å². The molecule has 2 nitrogen and oxygen atoms in total. The quantitative estimate of drug-likeness (QED) is 0.841. The van der Waals surface area contributed by atoms with Crippen molar-refractivity contribution >= 4 is 44.5 Å². The Morgan fingerprint density at radius 1 is 1.33 bits per heavy atom. The Labute approximate surface area is 124 Å². The number of benzene rings is 1. The van der Waals surface area contributed by atoms with Crippen molar-refractivity contribution in [3.63, 3.8) is 0 Å². The van der Waals surface area contributed by atoms with Crippen molar-refractivity contribution in [2.24, 2.45) is 5.73 Å². The van der Waals surface area contributed by atoms with Gasteiger partial charge in [0, 0.05) is 15.8 Å². The molecule has 0 aliphatic heterocycles. The summed E-state index contributed by atoms with van der Waals surface area (Å²) in [6.45, 7) is 0.618. The summed E-state index contributed by atoms with van der Waals surface area (Å²) < 4.78 is 6.63. The number of rotatable bonds is 5. The summed E-state index contributed by atoms with van der Waals surface area (Å²) >= 11 is 10.2. The highest BCUT2D eigenvalue weighted by Gasteiger charge is 2.10. The summed E-state index contributed by atoms with van der Waals surface area (Å²) in [5.74, 6) is 0.730. The topological polar surface area (TPSA) is 35.2 Å². The van der Waals surface area contributed by atoms with Crippen LogP contribution in [0.25, 0.3) is 0 Å². The first-order valence-electron chi connectivity index (χ1n) is 5.42. The number of thiocarbonyl (C=S) groups is 1. The largest absolute Gasteiger partial charge is 0.492 e. The first-order chi connectivity index (χ1) is 8.68. The van der Waals surface area contributed by atoms with Gasteiger partial charge >= 0.3 is 0 Å². The van der Waals surface area contributed by atoms with Crippen LogP contribution < -0.4 is 10.5 Å². The zero-order valence-electron chi connectivity index (χ0n) is 9.56. The molecule has 0 aliphatic rings. The molecule has 2 rings (SSSR count). The minimum absolute atomic E-state index is 0.341. The van der Waals surface area contributed by atoms with Crippen LogP contribution in [0.3, 0.4) is 0 Å². The second kappa shape index (κ2) is 6.31. The fourth-order valence-electron chi connectivity index (χ4n) is 1.58. The predicted octanol–water partition coefficient (Wildman–Crippen LogP) is 3.77. The van der Waals surface area contributed by atoms with Crippen molar-refractivity contribution < 1.29 is 4.74 Å². The molecule has 0 spiro atoms. The van der Waals surface area contributed by atoms with E-state index in [4.69, 9.17) is 22.7 Å². The van der Waals surface area contributed by atoms with E-state index < -0.39 is 0 Å². The number of hydrogen-bond acceptors (Lipinski definition) is 3. The third-order valence-corrected chi connectivity index (χ3v) is 4.21. The molecule has 0 saturated carbocycles. The van der Waals surface area contributed by atoms with E-state index in [9.17, 15) is 0 Å². The minimum Gasteiger partial charge on any atom is -0.492 e. The number of hydrogen-bond donors (Lipinski definition) is 1. The lowest BCUT2D eigenvalue weighted by atomic mass is 10.2. The lowest BCUT2D eigenvalue weighted by molar-refractivity contribution is 0.322. The van der Waals surface area contributed by atoms with Gasteiger partial charge in [0.05, 0.1) is 12.2 Å². The molecule has 0 amide bonds. The number of halogens is 1. The maximum Gasteiger partial charge on any atom is 0.130 e. The highest BCUT2D eigenvalue weighted by Crippen LogP contribution is 2.26. The standard InChI is InChI=1S/C13H12BrNOS2/c14-10-4-1-5-11(12(10)13(15)17)16-7-6-9-3-2-8-18-9/h1-5,8H,6-7H2,(H2,15,17). The lowest BCUT2D eigenvalue weighted by Crippen LogP contribution is -2.13. The molecule has 1 aromatic carbocycles. The zero-order valence-corrected chi connectivity index (χ0v) is 12.8. The average molecular weight is 342 g/mol. The van der Waals surface area contributed by atoms with Crippen LogP contribution in [0, 0.1) is 0 Å². The van der Waals surface area contributed by atoms with E-state index in [0.29, 0.717) is 11.6 Å². The maximum atomic E-state index is 5.76. The molecule has 94 valence electrons. The number of nitrogens with two attached hydrogens (primary N) is 1. The third kappa shape index (κ3) is 3.31. The summed E-state index contributed by atoms with van der Waals surface area (Å²) in [7, 11) is 0. The van der Waals surface area contributed by atoms with Gasteiger partial charge in [-0.05, 0) is 39.5 Å². The fraction of sp³-hybridized carbons (Fsp3) is 0.154. The van der Waals surface area contributed by atoms with E-state index in [1.165, 1.54) is 4.88 Å². The highest BCUT2D eigenvalue weighted by atomic mass is 79.9. The van der Waals surface area contributed by atoms with Gasteiger partial charge in [-0.1, -0.05) is 24.4 Å². The molecule has 0 aliphatic carbocycles. The molecule has 0 bridgehead atoms. The minimum atomic E-state index is 0.341. The number of ether oxygens (including phenoxy) is 1. The van der Waals surface area contributed by atoms with E-state index in [-0.39, 0.29) is 0 Å². The smallest absolute Gasteiger partial charge is 0.130 e. The molecule has 18 heavy (non-hydrogen) atoms. The molecule has 0 atom stereocenters. The van der Waals surface area contributed by atoms with Crippen molar-refractivity contribution in [2.75, 3.05) is 6.61 Å². The van der Waals surface area contributed by atoms with Crippen LogP contribution >= 0.6 is 39.5 Å². The third-order valence-electron chi connectivity index (χ3n) is 2.41. The molecule has 2 N–H and O–H groups in total. The summed E-state index contributed by atoms with van der Waals surface area (Å²) in [6.07, 6.45) is 0.890. The molecule has 1 aromatic heterocycles. The normalized spacial score (nSPS) is 10.3. The SMILES string of the molecule is NC(=S)c1c(Br)cccc1OCCc1cccs1. The average Bonchev–Trinajstić information content (AvgIpc) is 2.81.